The fraction of sp³-hybridized carbons (Fsp3) is 0.477. The van der Waals surface area contributed by atoms with Gasteiger partial charge >= 0.3 is 5.97 Å². The van der Waals surface area contributed by atoms with Crippen LogP contribution in [0.25, 0.3) is 0 Å². The SMILES string of the molecule is CC1=C2C(O)C(=O)[C@]3(C)C(O)CC4OCC4(O)C3[C@H](C)C(O)(CC1OC(=O)C(Oc1ccccc1C)C(NC(=O)c1ccccc1)c1ccccc1)C2(C)C.[Ac].[Ac]. The number of carbonyl (C=O) groups excluding carboxylic acids is 3. The number of ketones is 1. The first-order valence-electron chi connectivity index (χ1n) is 19.0. The van der Waals surface area contributed by atoms with Crippen LogP contribution in [0, 0.1) is 118 Å². The maximum absolute atomic E-state index is 14.8. The fourth-order valence-electron chi connectivity index (χ4n) is 10.2. The molecule has 0 spiro atoms. The molecule has 298 valence electrons. The summed E-state index contributed by atoms with van der Waals surface area (Å²) in [5.41, 5.74) is -3.96. The topological polar surface area (TPSA) is 172 Å². The summed E-state index contributed by atoms with van der Waals surface area (Å²) in [6.45, 7) is 10.2. The summed E-state index contributed by atoms with van der Waals surface area (Å²) in [6, 6.07) is 23.6. The van der Waals surface area contributed by atoms with Gasteiger partial charge < -0.3 is 40.0 Å². The van der Waals surface area contributed by atoms with Gasteiger partial charge in [0.05, 0.1) is 29.8 Å². The van der Waals surface area contributed by atoms with E-state index in [4.69, 9.17) is 14.2 Å². The van der Waals surface area contributed by atoms with Crippen molar-refractivity contribution in [3.63, 3.8) is 0 Å². The molecule has 3 aliphatic carbocycles. The van der Waals surface area contributed by atoms with Crippen molar-refractivity contribution in [1.82, 2.24) is 5.32 Å². The first-order valence-corrected chi connectivity index (χ1v) is 19.0. The van der Waals surface area contributed by atoms with Gasteiger partial charge in [-0.2, -0.15) is 0 Å². The third kappa shape index (κ3) is 7.72. The maximum Gasteiger partial charge on any atom is 0.350 e. The van der Waals surface area contributed by atoms with Crippen molar-refractivity contribution < 1.29 is 137 Å². The quantitative estimate of drug-likeness (QED) is 0.161. The Morgan fingerprint density at radius 1 is 0.895 bits per heavy atom. The fourth-order valence-corrected chi connectivity index (χ4v) is 10.2. The van der Waals surface area contributed by atoms with Crippen LogP contribution in [0.2, 0.25) is 0 Å². The third-order valence-electron chi connectivity index (χ3n) is 13.5. The first kappa shape index (κ1) is 46.6. The van der Waals surface area contributed by atoms with Crippen LogP contribution >= 0.6 is 0 Å². The molecule has 2 saturated carbocycles. The Morgan fingerprint density at radius 3 is 2.09 bits per heavy atom. The summed E-state index contributed by atoms with van der Waals surface area (Å²) in [5.74, 6) is -3.47. The van der Waals surface area contributed by atoms with Crippen molar-refractivity contribution >= 4 is 17.7 Å². The number of Topliss-reactive ketones (excluding diaryl/α,β-unsaturated/α-hetero) is 1. The van der Waals surface area contributed by atoms with Gasteiger partial charge in [0.25, 0.3) is 5.91 Å². The van der Waals surface area contributed by atoms with Crippen LogP contribution < -0.4 is 10.1 Å². The summed E-state index contributed by atoms with van der Waals surface area (Å²) in [6.07, 6.45) is -6.56. The smallest absolute Gasteiger partial charge is 0.350 e. The van der Waals surface area contributed by atoms with Crippen molar-refractivity contribution in [3.8, 4) is 5.75 Å². The normalized spacial score (nSPS) is 33.5. The molecular formula is C44H51Ac2NO10. The van der Waals surface area contributed by atoms with Crippen molar-refractivity contribution in [2.24, 2.45) is 22.7 Å². The van der Waals surface area contributed by atoms with Crippen LogP contribution in [0.4, 0.5) is 0 Å². The van der Waals surface area contributed by atoms with Gasteiger partial charge in [-0.3, -0.25) is 9.59 Å². The van der Waals surface area contributed by atoms with Crippen LogP contribution in [-0.4, -0.2) is 86.4 Å². The van der Waals surface area contributed by atoms with E-state index in [1.807, 2.05) is 25.1 Å². The van der Waals surface area contributed by atoms with Crippen LogP contribution in [-0.2, 0) is 19.1 Å². The Labute approximate surface area is 405 Å². The number of aryl methyl sites for hydroxylation is 1. The number of aliphatic hydroxyl groups excluding tert-OH is 2. The Kier molecular flexibility index (Phi) is 14.3. The molecule has 11 atom stereocenters. The van der Waals surface area contributed by atoms with Gasteiger partial charge in [0, 0.05) is 118 Å². The summed E-state index contributed by atoms with van der Waals surface area (Å²) in [7, 11) is 0. The zero-order valence-corrected chi connectivity index (χ0v) is 42.7. The second-order valence-electron chi connectivity index (χ2n) is 16.7. The summed E-state index contributed by atoms with van der Waals surface area (Å²) in [4.78, 5) is 43.1. The second-order valence-corrected chi connectivity index (χ2v) is 16.7. The average molecular weight is 1210 g/mol. The molecule has 13 heteroatoms. The molecular weight excluding hydrogens is 1160 g/mol. The minimum absolute atomic E-state index is 0. The Bertz CT molecular complexity index is 2010. The number of ether oxygens (including phenoxy) is 3. The molecule has 1 aliphatic heterocycles. The molecule has 11 nitrogen and oxygen atoms in total. The van der Waals surface area contributed by atoms with Crippen LogP contribution in [0.3, 0.4) is 0 Å². The molecule has 0 aromatic heterocycles. The van der Waals surface area contributed by atoms with E-state index >= 15 is 0 Å². The van der Waals surface area contributed by atoms with E-state index in [1.54, 1.807) is 101 Å². The molecule has 3 fully saturated rings. The predicted molar refractivity (Wildman–Crippen MR) is 202 cm³/mol. The number of para-hydroxylation sites is 1. The van der Waals surface area contributed by atoms with Crippen LogP contribution in [0.5, 0.6) is 5.75 Å². The number of nitrogens with one attached hydrogen (secondary N) is 1. The number of benzene rings is 3. The van der Waals surface area contributed by atoms with E-state index < -0.39 is 88.1 Å². The van der Waals surface area contributed by atoms with Gasteiger partial charge in [-0.05, 0) is 67.2 Å². The summed E-state index contributed by atoms with van der Waals surface area (Å²) in [5, 5.41) is 51.7. The van der Waals surface area contributed by atoms with Gasteiger partial charge in [0.1, 0.15) is 29.6 Å². The van der Waals surface area contributed by atoms with Crippen molar-refractivity contribution in [2.45, 2.75) is 102 Å². The van der Waals surface area contributed by atoms with Crippen molar-refractivity contribution in [2.75, 3.05) is 6.61 Å². The second kappa shape index (κ2) is 17.5. The van der Waals surface area contributed by atoms with Crippen molar-refractivity contribution in [3.05, 3.63) is 113 Å². The number of esters is 1. The molecule has 1 heterocycles. The van der Waals surface area contributed by atoms with E-state index in [1.165, 1.54) is 0 Å². The number of fused-ring (bicyclic) bond motifs is 5. The Balaban J connectivity index is 0.00000310. The van der Waals surface area contributed by atoms with Crippen LogP contribution in [0.1, 0.15) is 75.0 Å². The largest absolute Gasteiger partial charge is 0.476 e. The van der Waals surface area contributed by atoms with Crippen molar-refractivity contribution in [1.29, 1.82) is 0 Å². The average Bonchev–Trinajstić information content (AvgIpc) is 3.16. The van der Waals surface area contributed by atoms with Gasteiger partial charge in [-0.1, -0.05) is 87.5 Å². The summed E-state index contributed by atoms with van der Waals surface area (Å²) >= 11 is 0. The van der Waals surface area contributed by atoms with E-state index in [2.05, 4.69) is 5.32 Å². The number of amides is 1. The molecule has 2 radical (unpaired) electrons. The number of rotatable bonds is 8. The molecule has 3 aromatic rings. The monoisotopic (exact) mass is 1210 g/mol. The number of hydrogen-bond donors (Lipinski definition) is 5. The standard InChI is InChI=1S/C44H51NO10.2Ac/c1-24-15-13-14-20-29(24)54-36(34(27-16-9-7-10-17-27)45-39(49)28-18-11-8-12-19-28)40(50)55-30-22-44(52)26(3)37-42(6,31(46)21-32-43(37,51)23-53-32)38(48)35(47)33(25(30)2)41(44,4)5;;/h7-20,26,30-32,34-37,46-47,51-52H,21-23H2,1-6H3,(H,45,49);;/t26-,30?,31?,32?,34?,35?,36?,37?,42+,43?,44?;;/m0../s1. The molecule has 3 aromatic carbocycles. The summed E-state index contributed by atoms with van der Waals surface area (Å²) < 4.78 is 18.5. The van der Waals surface area contributed by atoms with Gasteiger partial charge in [0.15, 0.2) is 5.78 Å². The number of aliphatic hydroxyl groups is 4. The van der Waals surface area contributed by atoms with E-state index in [0.29, 0.717) is 22.4 Å². The molecule has 4 aliphatic rings. The van der Waals surface area contributed by atoms with Gasteiger partial charge in [-0.15, -0.1) is 0 Å². The van der Waals surface area contributed by atoms with Crippen LogP contribution in [0.15, 0.2) is 96.1 Å². The Hall–Kier alpha value is -1.51. The minimum Gasteiger partial charge on any atom is -0.476 e. The first-order chi connectivity index (χ1) is 26.0. The van der Waals surface area contributed by atoms with Gasteiger partial charge in [-0.25, -0.2) is 4.79 Å². The predicted octanol–water partition coefficient (Wildman–Crippen LogP) is 4.40. The minimum atomic E-state index is -1.79. The molecule has 7 rings (SSSR count). The Morgan fingerprint density at radius 2 is 1.49 bits per heavy atom. The maximum atomic E-state index is 14.8. The molecule has 1 amide bonds. The molecule has 57 heavy (non-hydrogen) atoms. The van der Waals surface area contributed by atoms with E-state index in [0.717, 1.165) is 5.56 Å². The zero-order valence-electron chi connectivity index (χ0n) is 33.2. The third-order valence-corrected chi connectivity index (χ3v) is 13.5. The zero-order chi connectivity index (χ0) is 39.7. The molecule has 2 bridgehead atoms. The van der Waals surface area contributed by atoms with Gasteiger partial charge in [0.2, 0.25) is 6.10 Å². The molecule has 9 unspecified atom stereocenters. The molecule has 5 N–H and O–H groups in total. The number of hydrogen-bond acceptors (Lipinski definition) is 10. The van der Waals surface area contributed by atoms with E-state index in [-0.39, 0.29) is 113 Å². The number of carbonyl (C=O) groups is 3. The van der Waals surface area contributed by atoms with E-state index in [9.17, 15) is 34.8 Å². The molecule has 1 saturated heterocycles.